The fraction of sp³-hybridized carbons (Fsp3) is 0.929. The lowest BCUT2D eigenvalue weighted by molar-refractivity contribution is 0.0255. The lowest BCUT2D eigenvalue weighted by atomic mass is 10.2. The van der Waals surface area contributed by atoms with Gasteiger partial charge in [0.05, 0.1) is 0 Å². The maximum atomic E-state index is 12.0. The molecule has 1 atom stereocenters. The average molecular weight is 271 g/mol. The second kappa shape index (κ2) is 7.10. The van der Waals surface area contributed by atoms with E-state index in [1.165, 1.54) is 0 Å². The molecule has 0 spiro atoms. The van der Waals surface area contributed by atoms with Crippen LogP contribution in [-0.2, 0) is 4.74 Å². The third-order valence-electron chi connectivity index (χ3n) is 3.31. The Morgan fingerprint density at radius 1 is 1.26 bits per heavy atom. The first-order valence-electron chi connectivity index (χ1n) is 7.20. The third kappa shape index (κ3) is 5.78. The van der Waals surface area contributed by atoms with Crippen molar-refractivity contribution in [2.45, 2.75) is 45.8 Å². The van der Waals surface area contributed by atoms with Crippen molar-refractivity contribution >= 4 is 6.09 Å². The Labute approximate surface area is 117 Å². The molecule has 1 amide bonds. The number of hydrogen-bond donors (Lipinski definition) is 1. The zero-order valence-electron chi connectivity index (χ0n) is 13.0. The Balaban J connectivity index is 2.47. The Morgan fingerprint density at radius 2 is 1.95 bits per heavy atom. The molecule has 0 aromatic heterocycles. The minimum absolute atomic E-state index is 0.185. The van der Waals surface area contributed by atoms with Crippen LogP contribution < -0.4 is 5.32 Å². The van der Waals surface area contributed by atoms with Gasteiger partial charge in [0.2, 0.25) is 0 Å². The number of amides is 1. The van der Waals surface area contributed by atoms with E-state index in [4.69, 9.17) is 4.74 Å². The topological polar surface area (TPSA) is 44.8 Å². The van der Waals surface area contributed by atoms with Crippen LogP contribution >= 0.6 is 0 Å². The number of nitrogens with zero attached hydrogens (tertiary/aromatic N) is 2. The first-order chi connectivity index (χ1) is 8.83. The van der Waals surface area contributed by atoms with Crippen LogP contribution in [0.15, 0.2) is 0 Å². The molecule has 0 bridgehead atoms. The van der Waals surface area contributed by atoms with E-state index >= 15 is 0 Å². The molecule has 0 aromatic rings. The normalized spacial score (nSPS) is 19.9. The summed E-state index contributed by atoms with van der Waals surface area (Å²) in [4.78, 5) is 16.3. The molecule has 0 saturated carbocycles. The zero-order chi connectivity index (χ0) is 14.5. The molecule has 1 heterocycles. The highest BCUT2D eigenvalue weighted by molar-refractivity contribution is 5.68. The van der Waals surface area contributed by atoms with Gasteiger partial charge >= 0.3 is 6.09 Å². The van der Waals surface area contributed by atoms with E-state index in [0.29, 0.717) is 6.04 Å². The third-order valence-corrected chi connectivity index (χ3v) is 3.31. The van der Waals surface area contributed by atoms with Gasteiger partial charge in [-0.05, 0) is 41.2 Å². The zero-order valence-corrected chi connectivity index (χ0v) is 13.0. The highest BCUT2D eigenvalue weighted by atomic mass is 16.6. The van der Waals surface area contributed by atoms with Crippen LogP contribution in [0.4, 0.5) is 4.79 Å². The number of rotatable bonds is 3. The van der Waals surface area contributed by atoms with Gasteiger partial charge in [0.15, 0.2) is 0 Å². The SMILES string of the molecule is CNCC(C)N1CCCN(C(=O)OC(C)(C)C)CC1. The number of carbonyl (C=O) groups is 1. The summed E-state index contributed by atoms with van der Waals surface area (Å²) in [6.07, 6.45) is 0.823. The first kappa shape index (κ1) is 16.2. The molecular weight excluding hydrogens is 242 g/mol. The van der Waals surface area contributed by atoms with Gasteiger partial charge in [-0.15, -0.1) is 0 Å². The Bertz CT molecular complexity index is 289. The van der Waals surface area contributed by atoms with Crippen molar-refractivity contribution in [1.29, 1.82) is 0 Å². The summed E-state index contributed by atoms with van der Waals surface area (Å²) >= 11 is 0. The molecular formula is C14H29N3O2. The lowest BCUT2D eigenvalue weighted by Gasteiger charge is -2.28. The molecule has 1 N–H and O–H groups in total. The molecule has 1 aliphatic rings. The van der Waals surface area contributed by atoms with Crippen LogP contribution in [0.3, 0.4) is 0 Å². The molecule has 112 valence electrons. The lowest BCUT2D eigenvalue weighted by Crippen LogP contribution is -2.43. The maximum Gasteiger partial charge on any atom is 0.410 e. The summed E-state index contributed by atoms with van der Waals surface area (Å²) in [5, 5.41) is 3.20. The smallest absolute Gasteiger partial charge is 0.410 e. The molecule has 1 aliphatic heterocycles. The molecule has 5 nitrogen and oxygen atoms in total. The van der Waals surface area contributed by atoms with Crippen molar-refractivity contribution in [1.82, 2.24) is 15.1 Å². The van der Waals surface area contributed by atoms with Gasteiger partial charge < -0.3 is 15.0 Å². The minimum Gasteiger partial charge on any atom is -0.444 e. The molecule has 1 unspecified atom stereocenters. The van der Waals surface area contributed by atoms with Gasteiger partial charge in [0.1, 0.15) is 5.60 Å². The molecule has 0 aromatic carbocycles. The summed E-state index contributed by atoms with van der Waals surface area (Å²) in [5.74, 6) is 0. The van der Waals surface area contributed by atoms with Crippen molar-refractivity contribution in [2.75, 3.05) is 39.8 Å². The van der Waals surface area contributed by atoms with Gasteiger partial charge in [-0.2, -0.15) is 0 Å². The summed E-state index contributed by atoms with van der Waals surface area (Å²) < 4.78 is 5.43. The van der Waals surface area contributed by atoms with Crippen LogP contribution in [0.1, 0.15) is 34.1 Å². The van der Waals surface area contributed by atoms with Crippen LogP contribution in [-0.4, -0.2) is 67.3 Å². The number of carbonyl (C=O) groups excluding carboxylic acids is 1. The highest BCUT2D eigenvalue weighted by Gasteiger charge is 2.25. The Morgan fingerprint density at radius 3 is 2.53 bits per heavy atom. The number of nitrogens with one attached hydrogen (secondary N) is 1. The van der Waals surface area contributed by atoms with E-state index in [1.807, 2.05) is 32.7 Å². The highest BCUT2D eigenvalue weighted by Crippen LogP contribution is 2.13. The van der Waals surface area contributed by atoms with Crippen LogP contribution in [0.25, 0.3) is 0 Å². The maximum absolute atomic E-state index is 12.0. The largest absolute Gasteiger partial charge is 0.444 e. The van der Waals surface area contributed by atoms with Crippen molar-refractivity contribution in [2.24, 2.45) is 0 Å². The van der Waals surface area contributed by atoms with Gasteiger partial charge in [0, 0.05) is 38.8 Å². The summed E-state index contributed by atoms with van der Waals surface area (Å²) in [6, 6.07) is 0.503. The van der Waals surface area contributed by atoms with Crippen molar-refractivity contribution in [3.8, 4) is 0 Å². The van der Waals surface area contributed by atoms with Crippen LogP contribution in [0, 0.1) is 0 Å². The number of likely N-dealkylation sites (N-methyl/N-ethyl adjacent to an activating group) is 1. The van der Waals surface area contributed by atoms with E-state index in [2.05, 4.69) is 17.1 Å². The van der Waals surface area contributed by atoms with Crippen LogP contribution in [0.2, 0.25) is 0 Å². The fourth-order valence-electron chi connectivity index (χ4n) is 2.31. The van der Waals surface area contributed by atoms with Crippen molar-refractivity contribution < 1.29 is 9.53 Å². The second-order valence-corrected chi connectivity index (χ2v) is 6.26. The molecule has 1 saturated heterocycles. The predicted molar refractivity (Wildman–Crippen MR) is 77.4 cm³/mol. The van der Waals surface area contributed by atoms with Crippen molar-refractivity contribution in [3.63, 3.8) is 0 Å². The van der Waals surface area contributed by atoms with Gasteiger partial charge in [-0.3, -0.25) is 4.90 Å². The monoisotopic (exact) mass is 271 g/mol. The molecule has 5 heteroatoms. The van der Waals surface area contributed by atoms with E-state index in [9.17, 15) is 4.79 Å². The van der Waals surface area contributed by atoms with Gasteiger partial charge in [-0.25, -0.2) is 4.79 Å². The van der Waals surface area contributed by atoms with Crippen molar-refractivity contribution in [3.05, 3.63) is 0 Å². The van der Waals surface area contributed by atoms with E-state index in [-0.39, 0.29) is 6.09 Å². The molecule has 19 heavy (non-hydrogen) atoms. The van der Waals surface area contributed by atoms with Gasteiger partial charge in [-0.1, -0.05) is 0 Å². The number of hydrogen-bond acceptors (Lipinski definition) is 4. The number of ether oxygens (including phenoxy) is 1. The van der Waals surface area contributed by atoms with E-state index in [0.717, 1.165) is 39.1 Å². The summed E-state index contributed by atoms with van der Waals surface area (Å²) in [6.45, 7) is 12.4. The van der Waals surface area contributed by atoms with Crippen LogP contribution in [0.5, 0.6) is 0 Å². The van der Waals surface area contributed by atoms with E-state index in [1.54, 1.807) is 0 Å². The Kier molecular flexibility index (Phi) is 6.07. The molecule has 1 fully saturated rings. The molecule has 0 aliphatic carbocycles. The minimum atomic E-state index is -0.414. The quantitative estimate of drug-likeness (QED) is 0.845. The molecule has 0 radical (unpaired) electrons. The second-order valence-electron chi connectivity index (χ2n) is 6.26. The van der Waals surface area contributed by atoms with Gasteiger partial charge in [0.25, 0.3) is 0 Å². The Hall–Kier alpha value is -0.810. The fourth-order valence-corrected chi connectivity index (χ4v) is 2.31. The first-order valence-corrected chi connectivity index (χ1v) is 7.20. The average Bonchev–Trinajstić information content (AvgIpc) is 2.52. The standard InChI is InChI=1S/C14H29N3O2/c1-12(11-15-5)16-7-6-8-17(10-9-16)13(18)19-14(2,3)4/h12,15H,6-11H2,1-5H3. The molecule has 1 rings (SSSR count). The predicted octanol–water partition coefficient (Wildman–Crippen LogP) is 1.54. The summed E-state index contributed by atoms with van der Waals surface area (Å²) in [5.41, 5.74) is -0.414. The van der Waals surface area contributed by atoms with E-state index < -0.39 is 5.60 Å². The summed E-state index contributed by atoms with van der Waals surface area (Å²) in [7, 11) is 1.97.